The third-order valence-electron chi connectivity index (χ3n) is 11.7. The van der Waals surface area contributed by atoms with E-state index in [1.54, 1.807) is 37.5 Å². The fraction of sp³-hybridized carbons (Fsp3) is 0.647. The molecule has 2 aromatic rings. The Kier molecular flexibility index (Phi) is 6.97. The molecule has 3 unspecified atom stereocenters. The van der Waals surface area contributed by atoms with Crippen LogP contribution in [-0.2, 0) is 19.1 Å². The average molecular weight is 608 g/mol. The molecule has 236 valence electrons. The largest absolute Gasteiger partial charge is 0.484 e. The molecular formula is C34H41NO9. The van der Waals surface area contributed by atoms with Gasteiger partial charge in [0, 0.05) is 35.4 Å². The number of fused-ring (bicyclic) bond motifs is 4. The number of rotatable bonds is 6. The van der Waals surface area contributed by atoms with E-state index >= 15 is 0 Å². The van der Waals surface area contributed by atoms with Crippen molar-refractivity contribution in [1.29, 1.82) is 0 Å². The minimum absolute atomic E-state index is 0.0228. The van der Waals surface area contributed by atoms with Crippen molar-refractivity contribution in [2.45, 2.75) is 96.1 Å². The molecule has 10 nitrogen and oxygen atoms in total. The number of aromatic nitrogens is 1. The number of carbonyl (C=O) groups is 2. The average Bonchev–Trinajstić information content (AvgIpc) is 3.80. The van der Waals surface area contributed by atoms with Crippen molar-refractivity contribution < 1.29 is 38.4 Å². The minimum Gasteiger partial charge on any atom is -0.484 e. The van der Waals surface area contributed by atoms with E-state index in [-0.39, 0.29) is 59.8 Å². The quantitative estimate of drug-likeness (QED) is 0.455. The monoisotopic (exact) mass is 607 g/mol. The number of hydrogen-bond donors (Lipinski definition) is 2. The summed E-state index contributed by atoms with van der Waals surface area (Å²) in [6, 6.07) is 5.07. The topological polar surface area (TPSA) is 145 Å². The van der Waals surface area contributed by atoms with Gasteiger partial charge in [0.25, 0.3) is 0 Å². The fourth-order valence-corrected chi connectivity index (χ4v) is 8.78. The lowest BCUT2D eigenvalue weighted by atomic mass is 9.42. The first-order valence-corrected chi connectivity index (χ1v) is 16.0. The van der Waals surface area contributed by atoms with Gasteiger partial charge in [-0.1, -0.05) is 20.3 Å². The van der Waals surface area contributed by atoms with Gasteiger partial charge in [-0.05, 0) is 75.3 Å². The standard InChI is InChI=1S/C34H41NO9/c1-32-12-11-25(43-30(39)19-9-10-19)33(2,17-41-29(38)18-6-4-7-18)23(32)15-24(36)34(3)28(32)27(37)26-22(44-34)14-21(42-31(26)40)20-8-5-13-35-16-20/h5,8,13-14,16,18-19,23-25,27-28,36-37H,4,6-7,9-12,15,17H2,1-3H3/t23?,24-,25-,27-,28?,32-,33?,34+/m0/s1. The third-order valence-corrected chi connectivity index (χ3v) is 11.7. The molecule has 4 aliphatic carbocycles. The molecule has 0 bridgehead atoms. The van der Waals surface area contributed by atoms with Crippen LogP contribution in [0.15, 0.2) is 39.8 Å². The Labute approximate surface area is 256 Å². The Morgan fingerprint density at radius 2 is 1.82 bits per heavy atom. The van der Waals surface area contributed by atoms with E-state index in [9.17, 15) is 24.6 Å². The maximum atomic E-state index is 13.4. The summed E-state index contributed by atoms with van der Waals surface area (Å²) in [6.07, 6.45) is 5.89. The summed E-state index contributed by atoms with van der Waals surface area (Å²) < 4.78 is 24.3. The molecule has 0 amide bonds. The van der Waals surface area contributed by atoms with E-state index in [2.05, 4.69) is 11.9 Å². The zero-order valence-corrected chi connectivity index (χ0v) is 25.5. The lowest BCUT2D eigenvalue weighted by molar-refractivity contribution is -0.268. The number of ether oxygens (including phenoxy) is 3. The molecule has 44 heavy (non-hydrogen) atoms. The Morgan fingerprint density at radius 1 is 1.07 bits per heavy atom. The number of nitrogens with zero attached hydrogens (tertiary/aromatic N) is 1. The number of esters is 2. The van der Waals surface area contributed by atoms with Crippen LogP contribution in [0.3, 0.4) is 0 Å². The van der Waals surface area contributed by atoms with Crippen molar-refractivity contribution in [3.63, 3.8) is 0 Å². The van der Waals surface area contributed by atoms with E-state index in [1.807, 2.05) is 6.92 Å². The Balaban J connectivity index is 1.26. The van der Waals surface area contributed by atoms with Gasteiger partial charge in [-0.25, -0.2) is 4.79 Å². The number of hydrogen-bond acceptors (Lipinski definition) is 10. The highest BCUT2D eigenvalue weighted by molar-refractivity contribution is 5.75. The van der Waals surface area contributed by atoms with Crippen molar-refractivity contribution >= 4 is 11.9 Å². The van der Waals surface area contributed by atoms with E-state index in [1.165, 1.54) is 0 Å². The van der Waals surface area contributed by atoms with Gasteiger partial charge in [-0.15, -0.1) is 0 Å². The van der Waals surface area contributed by atoms with Gasteiger partial charge in [0.05, 0.1) is 24.0 Å². The summed E-state index contributed by atoms with van der Waals surface area (Å²) in [6.45, 7) is 5.86. The summed E-state index contributed by atoms with van der Waals surface area (Å²) in [4.78, 5) is 43.4. The molecule has 7 rings (SSSR count). The lowest BCUT2D eigenvalue weighted by Gasteiger charge is -2.66. The van der Waals surface area contributed by atoms with Crippen LogP contribution in [0.2, 0.25) is 0 Å². The highest BCUT2D eigenvalue weighted by atomic mass is 16.6. The van der Waals surface area contributed by atoms with E-state index in [0.717, 1.165) is 32.1 Å². The van der Waals surface area contributed by atoms with Crippen molar-refractivity contribution in [2.24, 2.45) is 34.5 Å². The summed E-state index contributed by atoms with van der Waals surface area (Å²) in [5.41, 5.74) is -2.86. The third kappa shape index (κ3) is 4.50. The first-order chi connectivity index (χ1) is 21.0. The van der Waals surface area contributed by atoms with Crippen LogP contribution in [0, 0.1) is 34.5 Å². The van der Waals surface area contributed by atoms with E-state index in [0.29, 0.717) is 18.4 Å². The van der Waals surface area contributed by atoms with E-state index in [4.69, 9.17) is 18.6 Å². The molecule has 0 spiro atoms. The van der Waals surface area contributed by atoms with Gasteiger partial charge in [0.2, 0.25) is 0 Å². The Bertz CT molecular complexity index is 1520. The first-order valence-electron chi connectivity index (χ1n) is 16.0. The summed E-state index contributed by atoms with van der Waals surface area (Å²) in [7, 11) is 0. The van der Waals surface area contributed by atoms with E-state index < -0.39 is 46.3 Å². The molecule has 2 aromatic heterocycles. The molecule has 4 fully saturated rings. The van der Waals surface area contributed by atoms with Crippen molar-refractivity contribution in [1.82, 2.24) is 4.98 Å². The highest BCUT2D eigenvalue weighted by Gasteiger charge is 2.70. The molecule has 2 N–H and O–H groups in total. The fourth-order valence-electron chi connectivity index (χ4n) is 8.78. The normalized spacial score (nSPS) is 37.8. The molecule has 4 saturated carbocycles. The summed E-state index contributed by atoms with van der Waals surface area (Å²) in [5.74, 6) is -1.27. The maximum absolute atomic E-state index is 13.4. The maximum Gasteiger partial charge on any atom is 0.345 e. The Morgan fingerprint density at radius 3 is 2.48 bits per heavy atom. The summed E-state index contributed by atoms with van der Waals surface area (Å²) in [5, 5.41) is 23.9. The molecule has 3 heterocycles. The molecule has 0 aromatic carbocycles. The molecule has 5 aliphatic rings. The van der Waals surface area contributed by atoms with Crippen molar-refractivity contribution in [2.75, 3.05) is 6.61 Å². The SMILES string of the molecule is CC1(COC(=O)C2CCC2)C2C[C@H](O)[C@@]3(C)Oc4cc(-c5cccnc5)oc(=O)c4[C@H](O)C3[C@@]2(C)CC[C@@H]1OC(=O)C1CC1. The van der Waals surface area contributed by atoms with Gasteiger partial charge in [-0.3, -0.25) is 14.6 Å². The zero-order chi connectivity index (χ0) is 31.0. The number of pyridine rings is 1. The number of aliphatic hydroxyl groups excluding tert-OH is 2. The molecule has 0 radical (unpaired) electrons. The number of carbonyl (C=O) groups excluding carboxylic acids is 2. The van der Waals surface area contributed by atoms with Crippen molar-refractivity contribution in [3.05, 3.63) is 46.6 Å². The second-order valence-electron chi connectivity index (χ2n) is 14.4. The van der Waals surface area contributed by atoms with Gasteiger partial charge in [0.15, 0.2) is 0 Å². The lowest BCUT2D eigenvalue weighted by Crippen LogP contribution is -2.71. The van der Waals surface area contributed by atoms with Gasteiger partial charge >= 0.3 is 17.6 Å². The first kappa shape index (κ1) is 29.5. The van der Waals surface area contributed by atoms with Gasteiger partial charge in [-0.2, -0.15) is 0 Å². The molecule has 8 atom stereocenters. The van der Waals surface area contributed by atoms with Crippen LogP contribution < -0.4 is 10.4 Å². The smallest absolute Gasteiger partial charge is 0.345 e. The predicted octanol–water partition coefficient (Wildman–Crippen LogP) is 4.35. The van der Waals surface area contributed by atoms with Gasteiger partial charge < -0.3 is 28.8 Å². The van der Waals surface area contributed by atoms with Crippen LogP contribution in [-0.4, -0.2) is 51.6 Å². The van der Waals surface area contributed by atoms with Crippen molar-refractivity contribution in [3.8, 4) is 17.1 Å². The zero-order valence-electron chi connectivity index (χ0n) is 25.5. The molecular weight excluding hydrogens is 566 g/mol. The minimum atomic E-state index is -1.29. The van der Waals surface area contributed by atoms with Crippen LogP contribution in [0.1, 0.15) is 83.8 Å². The molecule has 10 heteroatoms. The van der Waals surface area contributed by atoms with Crippen LogP contribution in [0.5, 0.6) is 5.75 Å². The molecule has 1 aliphatic heterocycles. The van der Waals surface area contributed by atoms with Crippen LogP contribution in [0.25, 0.3) is 11.3 Å². The van der Waals surface area contributed by atoms with Crippen LogP contribution in [0.4, 0.5) is 0 Å². The van der Waals surface area contributed by atoms with Gasteiger partial charge in [0.1, 0.15) is 35.4 Å². The van der Waals surface area contributed by atoms with Crippen LogP contribution >= 0.6 is 0 Å². The predicted molar refractivity (Wildman–Crippen MR) is 156 cm³/mol. The summed E-state index contributed by atoms with van der Waals surface area (Å²) >= 11 is 0. The second-order valence-corrected chi connectivity index (χ2v) is 14.4. The highest BCUT2D eigenvalue weighted by Crippen LogP contribution is 2.67. The second kappa shape index (κ2) is 10.4. The number of aliphatic hydroxyl groups is 2. The Hall–Kier alpha value is -3.24. The molecule has 0 saturated heterocycles.